The van der Waals surface area contributed by atoms with Gasteiger partial charge < -0.3 is 20.5 Å². The smallest absolute Gasteiger partial charge is 0.412 e. The molecule has 1 saturated heterocycles. The summed E-state index contributed by atoms with van der Waals surface area (Å²) in [5.41, 5.74) is 4.39. The average Bonchev–Trinajstić information content (AvgIpc) is 2.93. The average molecular weight is 496 g/mol. The van der Waals surface area contributed by atoms with E-state index in [1.165, 1.54) is 32.1 Å². The predicted octanol–water partition coefficient (Wildman–Crippen LogP) is 5.60. The molecule has 35 heavy (non-hydrogen) atoms. The molecule has 7 heteroatoms. The van der Waals surface area contributed by atoms with Crippen LogP contribution in [0.25, 0.3) is 0 Å². The van der Waals surface area contributed by atoms with Crippen molar-refractivity contribution >= 4 is 12.0 Å². The minimum atomic E-state index is -0.798. The third-order valence-corrected chi connectivity index (χ3v) is 7.37. The van der Waals surface area contributed by atoms with Gasteiger partial charge in [-0.1, -0.05) is 46.0 Å². The molecule has 0 spiro atoms. The molecular weight excluding hydrogens is 442 g/mol. The van der Waals surface area contributed by atoms with Crippen molar-refractivity contribution in [3.05, 3.63) is 0 Å². The van der Waals surface area contributed by atoms with Crippen LogP contribution >= 0.6 is 0 Å². The first-order chi connectivity index (χ1) is 16.0. The van der Waals surface area contributed by atoms with Crippen LogP contribution in [0.2, 0.25) is 0 Å². The molecule has 2 aliphatic rings. The Kier molecular flexibility index (Phi) is 10.1. The topological polar surface area (TPSA) is 93.9 Å². The van der Waals surface area contributed by atoms with E-state index in [2.05, 4.69) is 19.2 Å². The van der Waals surface area contributed by atoms with Gasteiger partial charge in [-0.05, 0) is 79.6 Å². The second kappa shape index (κ2) is 11.8. The van der Waals surface area contributed by atoms with E-state index in [4.69, 9.17) is 15.2 Å². The lowest BCUT2D eigenvalue weighted by atomic mass is 9.81. The Morgan fingerprint density at radius 3 is 2.23 bits per heavy atom. The highest BCUT2D eigenvalue weighted by Gasteiger charge is 2.52. The normalized spacial score (nSPS) is 24.5. The van der Waals surface area contributed by atoms with Crippen molar-refractivity contribution in [3.63, 3.8) is 0 Å². The van der Waals surface area contributed by atoms with Crippen molar-refractivity contribution in [1.82, 2.24) is 10.2 Å². The lowest BCUT2D eigenvalue weighted by Gasteiger charge is -2.37. The van der Waals surface area contributed by atoms with Gasteiger partial charge in [0.25, 0.3) is 0 Å². The fourth-order valence-electron chi connectivity index (χ4n) is 5.54. The van der Waals surface area contributed by atoms with E-state index in [9.17, 15) is 9.59 Å². The Bertz CT molecular complexity index is 702. The lowest BCUT2D eigenvalue weighted by molar-refractivity contribution is -0.129. The van der Waals surface area contributed by atoms with E-state index in [1.54, 1.807) is 0 Å². The van der Waals surface area contributed by atoms with E-state index < -0.39 is 11.3 Å². The molecule has 3 atom stereocenters. The van der Waals surface area contributed by atoms with Gasteiger partial charge >= 0.3 is 6.09 Å². The standard InChI is InChI=1S/C28H53N3O4/c1-19(2)21(24(32)30-16-15-27(6,7)29)18-23-22(17-20-13-11-10-12-14-20)31(28(8,9)34-23)25(33)35-26(3,4)5/h19-23H,10-18,29H2,1-9H3,(H,30,32)/t21-,22-,23-/m0/s1. The lowest BCUT2D eigenvalue weighted by Crippen LogP contribution is -2.51. The summed E-state index contributed by atoms with van der Waals surface area (Å²) in [6.07, 6.45) is 7.79. The SMILES string of the molecule is CC(C)[C@H](C[C@@H]1OC(C)(C)N(C(=O)OC(C)(C)C)[C@H]1CC1CCCCC1)C(=O)NCCC(C)(C)N. The minimum Gasteiger partial charge on any atom is -0.444 e. The highest BCUT2D eigenvalue weighted by Crippen LogP contribution is 2.41. The molecule has 204 valence electrons. The maximum absolute atomic E-state index is 13.4. The summed E-state index contributed by atoms with van der Waals surface area (Å²) >= 11 is 0. The highest BCUT2D eigenvalue weighted by molar-refractivity contribution is 5.79. The van der Waals surface area contributed by atoms with Crippen LogP contribution in [0.4, 0.5) is 4.79 Å². The van der Waals surface area contributed by atoms with Crippen molar-refractivity contribution in [2.45, 2.75) is 143 Å². The largest absolute Gasteiger partial charge is 0.444 e. The van der Waals surface area contributed by atoms with Crippen LogP contribution in [0, 0.1) is 17.8 Å². The van der Waals surface area contributed by atoms with Crippen LogP contribution < -0.4 is 11.1 Å². The molecule has 0 radical (unpaired) electrons. The van der Waals surface area contributed by atoms with Gasteiger partial charge in [-0.2, -0.15) is 0 Å². The molecule has 0 aromatic rings. The van der Waals surface area contributed by atoms with E-state index in [-0.39, 0.29) is 41.5 Å². The minimum absolute atomic E-state index is 0.0396. The molecule has 7 nitrogen and oxygen atoms in total. The third-order valence-electron chi connectivity index (χ3n) is 7.37. The second-order valence-electron chi connectivity index (χ2n) is 13.4. The Morgan fingerprint density at radius 2 is 1.71 bits per heavy atom. The van der Waals surface area contributed by atoms with Crippen LogP contribution in [0.15, 0.2) is 0 Å². The molecular formula is C28H53N3O4. The summed E-state index contributed by atoms with van der Waals surface area (Å²) in [4.78, 5) is 28.4. The number of carbonyl (C=O) groups is 2. The molecule has 3 N–H and O–H groups in total. The van der Waals surface area contributed by atoms with Crippen molar-refractivity contribution in [3.8, 4) is 0 Å². The van der Waals surface area contributed by atoms with Crippen molar-refractivity contribution in [2.24, 2.45) is 23.5 Å². The van der Waals surface area contributed by atoms with E-state index in [0.29, 0.717) is 25.3 Å². The van der Waals surface area contributed by atoms with Crippen LogP contribution in [0.1, 0.15) is 114 Å². The number of nitrogens with two attached hydrogens (primary N) is 1. The van der Waals surface area contributed by atoms with Gasteiger partial charge in [0.15, 0.2) is 0 Å². The number of rotatable bonds is 9. The third kappa shape index (κ3) is 9.23. The second-order valence-corrected chi connectivity index (χ2v) is 13.4. The van der Waals surface area contributed by atoms with Crippen LogP contribution in [0.5, 0.6) is 0 Å². The molecule has 2 amide bonds. The van der Waals surface area contributed by atoms with Gasteiger partial charge in [-0.15, -0.1) is 0 Å². The summed E-state index contributed by atoms with van der Waals surface area (Å²) in [5, 5.41) is 3.10. The van der Waals surface area contributed by atoms with Gasteiger partial charge in [0.05, 0.1) is 12.1 Å². The molecule has 1 aliphatic carbocycles. The first-order valence-electron chi connectivity index (χ1n) is 13.8. The Morgan fingerprint density at radius 1 is 1.11 bits per heavy atom. The molecule has 0 bridgehead atoms. The van der Waals surface area contributed by atoms with E-state index in [1.807, 2.05) is 53.4 Å². The Labute approximate surface area is 214 Å². The fraction of sp³-hybridized carbons (Fsp3) is 0.929. The molecule has 0 unspecified atom stereocenters. The van der Waals surface area contributed by atoms with Crippen molar-refractivity contribution in [2.75, 3.05) is 6.54 Å². The fourth-order valence-corrected chi connectivity index (χ4v) is 5.54. The number of nitrogens with zero attached hydrogens (tertiary/aromatic N) is 1. The number of ether oxygens (including phenoxy) is 2. The van der Waals surface area contributed by atoms with Crippen LogP contribution in [-0.2, 0) is 14.3 Å². The van der Waals surface area contributed by atoms with Crippen LogP contribution in [0.3, 0.4) is 0 Å². The molecule has 2 rings (SSSR count). The zero-order valence-electron chi connectivity index (χ0n) is 23.9. The van der Waals surface area contributed by atoms with E-state index in [0.717, 1.165) is 6.42 Å². The summed E-state index contributed by atoms with van der Waals surface area (Å²) < 4.78 is 12.4. The molecule has 0 aromatic heterocycles. The van der Waals surface area contributed by atoms with E-state index >= 15 is 0 Å². The first-order valence-corrected chi connectivity index (χ1v) is 13.8. The number of hydrogen-bond donors (Lipinski definition) is 2. The Hall–Kier alpha value is -1.34. The number of carbonyl (C=O) groups excluding carboxylic acids is 2. The maximum Gasteiger partial charge on any atom is 0.412 e. The number of hydrogen-bond acceptors (Lipinski definition) is 5. The maximum atomic E-state index is 13.4. The van der Waals surface area contributed by atoms with Crippen molar-refractivity contribution in [1.29, 1.82) is 0 Å². The number of nitrogens with one attached hydrogen (secondary N) is 1. The molecule has 1 heterocycles. The van der Waals surface area contributed by atoms with Gasteiger partial charge in [-0.25, -0.2) is 4.79 Å². The van der Waals surface area contributed by atoms with Gasteiger partial charge in [0, 0.05) is 18.0 Å². The molecule has 1 aliphatic heterocycles. The zero-order valence-corrected chi connectivity index (χ0v) is 23.9. The van der Waals surface area contributed by atoms with Crippen molar-refractivity contribution < 1.29 is 19.1 Å². The number of amides is 2. The first kappa shape index (κ1) is 29.9. The van der Waals surface area contributed by atoms with Gasteiger partial charge in [-0.3, -0.25) is 9.69 Å². The molecule has 0 aromatic carbocycles. The summed E-state index contributed by atoms with van der Waals surface area (Å²) in [6, 6.07) is -0.111. The van der Waals surface area contributed by atoms with Gasteiger partial charge in [0.1, 0.15) is 11.3 Å². The van der Waals surface area contributed by atoms with Gasteiger partial charge in [0.2, 0.25) is 5.91 Å². The van der Waals surface area contributed by atoms with Crippen LogP contribution in [-0.4, -0.2) is 52.5 Å². The summed E-state index contributed by atoms with van der Waals surface area (Å²) in [7, 11) is 0. The summed E-state index contributed by atoms with van der Waals surface area (Å²) in [5.74, 6) is 0.553. The monoisotopic (exact) mass is 495 g/mol. The Balaban J connectivity index is 2.24. The summed E-state index contributed by atoms with van der Waals surface area (Å²) in [6.45, 7) is 18.2. The zero-order chi connectivity index (χ0) is 26.6. The predicted molar refractivity (Wildman–Crippen MR) is 141 cm³/mol. The quantitative estimate of drug-likeness (QED) is 0.434. The molecule has 2 fully saturated rings. The highest BCUT2D eigenvalue weighted by atomic mass is 16.6. The molecule has 1 saturated carbocycles.